The zero-order valence-electron chi connectivity index (χ0n) is 12.3. The lowest BCUT2D eigenvalue weighted by Crippen LogP contribution is -2.35. The third-order valence-electron chi connectivity index (χ3n) is 4.18. The van der Waals surface area contributed by atoms with Crippen LogP contribution in [0.4, 0.5) is 0 Å². The van der Waals surface area contributed by atoms with Crippen LogP contribution in [-0.4, -0.2) is 25.7 Å². The first-order valence-corrected chi connectivity index (χ1v) is 7.64. The van der Waals surface area contributed by atoms with E-state index in [0.29, 0.717) is 6.04 Å². The molecule has 3 heteroatoms. The van der Waals surface area contributed by atoms with E-state index in [1.54, 1.807) is 0 Å². The summed E-state index contributed by atoms with van der Waals surface area (Å²) >= 11 is 0. The van der Waals surface area contributed by atoms with Crippen molar-refractivity contribution in [3.63, 3.8) is 0 Å². The van der Waals surface area contributed by atoms with Crippen molar-refractivity contribution in [3.8, 4) is 0 Å². The lowest BCUT2D eigenvalue weighted by atomic mass is 9.86. The van der Waals surface area contributed by atoms with Gasteiger partial charge in [0.25, 0.3) is 0 Å². The van der Waals surface area contributed by atoms with Crippen LogP contribution in [0, 0.1) is 5.92 Å². The molecule has 0 heterocycles. The number of methoxy groups -OCH3 is 1. The van der Waals surface area contributed by atoms with Crippen molar-refractivity contribution in [2.75, 3.05) is 13.7 Å². The molecule has 0 radical (unpaired) electrons. The molecule has 0 bridgehead atoms. The van der Waals surface area contributed by atoms with Crippen LogP contribution in [0.15, 0.2) is 30.3 Å². The molecule has 1 aliphatic carbocycles. The van der Waals surface area contributed by atoms with Gasteiger partial charge in [-0.2, -0.15) is 0 Å². The number of aryl methyl sites for hydroxylation is 1. The first-order chi connectivity index (χ1) is 9.79. The van der Waals surface area contributed by atoms with E-state index >= 15 is 0 Å². The number of ether oxygens (including phenoxy) is 1. The summed E-state index contributed by atoms with van der Waals surface area (Å²) in [6.45, 7) is 1.06. The van der Waals surface area contributed by atoms with E-state index in [9.17, 15) is 4.79 Å². The third-order valence-corrected chi connectivity index (χ3v) is 4.18. The lowest BCUT2D eigenvalue weighted by Gasteiger charge is -2.27. The number of benzene rings is 1. The number of esters is 1. The van der Waals surface area contributed by atoms with Gasteiger partial charge in [-0.15, -0.1) is 0 Å². The monoisotopic (exact) mass is 275 g/mol. The Labute approximate surface area is 121 Å². The van der Waals surface area contributed by atoms with Crippen molar-refractivity contribution in [2.45, 2.75) is 44.6 Å². The quantitative estimate of drug-likeness (QED) is 0.641. The van der Waals surface area contributed by atoms with Crippen LogP contribution in [0.2, 0.25) is 0 Å². The summed E-state index contributed by atoms with van der Waals surface area (Å²) in [5, 5.41) is 3.62. The van der Waals surface area contributed by atoms with Crippen LogP contribution in [0.1, 0.15) is 37.7 Å². The molecule has 0 aromatic heterocycles. The second kappa shape index (κ2) is 8.05. The van der Waals surface area contributed by atoms with E-state index < -0.39 is 0 Å². The van der Waals surface area contributed by atoms with Crippen LogP contribution in [0.5, 0.6) is 0 Å². The van der Waals surface area contributed by atoms with Gasteiger partial charge in [-0.25, -0.2) is 0 Å². The second-order valence-corrected chi connectivity index (χ2v) is 5.61. The third kappa shape index (κ3) is 4.64. The maximum atomic E-state index is 11.4. The van der Waals surface area contributed by atoms with Crippen molar-refractivity contribution >= 4 is 5.97 Å². The van der Waals surface area contributed by atoms with Gasteiger partial charge in [0.05, 0.1) is 13.0 Å². The Morgan fingerprint density at radius 1 is 1.20 bits per heavy atom. The minimum absolute atomic E-state index is 0.0347. The highest BCUT2D eigenvalue weighted by Crippen LogP contribution is 2.25. The fourth-order valence-electron chi connectivity index (χ4n) is 2.94. The molecule has 1 aliphatic rings. The molecule has 2 rings (SSSR count). The first kappa shape index (κ1) is 15.0. The number of carbonyl (C=O) groups is 1. The predicted octanol–water partition coefficient (Wildman–Crippen LogP) is 2.94. The van der Waals surface area contributed by atoms with Gasteiger partial charge in [0, 0.05) is 6.04 Å². The number of carbonyl (C=O) groups excluding carboxylic acids is 1. The van der Waals surface area contributed by atoms with E-state index in [1.807, 2.05) is 0 Å². The topological polar surface area (TPSA) is 38.3 Å². The largest absolute Gasteiger partial charge is 0.469 e. The zero-order chi connectivity index (χ0) is 14.2. The van der Waals surface area contributed by atoms with Crippen molar-refractivity contribution in [3.05, 3.63) is 35.9 Å². The molecule has 1 aromatic carbocycles. The van der Waals surface area contributed by atoms with Crippen LogP contribution < -0.4 is 5.32 Å². The Kier molecular flexibility index (Phi) is 6.06. The SMILES string of the molecule is COC(=O)C1CCC(NCCCc2ccccc2)CC1. The van der Waals surface area contributed by atoms with Gasteiger partial charge < -0.3 is 10.1 Å². The van der Waals surface area contributed by atoms with Crippen LogP contribution >= 0.6 is 0 Å². The highest BCUT2D eigenvalue weighted by atomic mass is 16.5. The maximum Gasteiger partial charge on any atom is 0.308 e. The molecule has 1 saturated carbocycles. The molecule has 0 atom stereocenters. The summed E-state index contributed by atoms with van der Waals surface area (Å²) in [6.07, 6.45) is 6.40. The standard InChI is InChI=1S/C17H25NO2/c1-20-17(19)15-9-11-16(12-10-15)18-13-5-8-14-6-3-2-4-7-14/h2-4,6-7,15-16,18H,5,8-13H2,1H3. The summed E-state index contributed by atoms with van der Waals surface area (Å²) in [5.41, 5.74) is 1.41. The van der Waals surface area contributed by atoms with Gasteiger partial charge in [0.1, 0.15) is 0 Å². The van der Waals surface area contributed by atoms with E-state index in [0.717, 1.165) is 38.6 Å². The predicted molar refractivity (Wildman–Crippen MR) is 80.5 cm³/mol. The number of hydrogen-bond acceptors (Lipinski definition) is 3. The fraction of sp³-hybridized carbons (Fsp3) is 0.588. The number of nitrogens with one attached hydrogen (secondary N) is 1. The number of rotatable bonds is 6. The summed E-state index contributed by atoms with van der Waals surface area (Å²) in [7, 11) is 1.48. The molecule has 1 fully saturated rings. The first-order valence-electron chi connectivity index (χ1n) is 7.64. The molecule has 1 aromatic rings. The summed E-state index contributed by atoms with van der Waals surface area (Å²) in [5.74, 6) is 0.0925. The molecule has 0 spiro atoms. The van der Waals surface area contributed by atoms with E-state index in [4.69, 9.17) is 4.74 Å². The van der Waals surface area contributed by atoms with Gasteiger partial charge in [0.2, 0.25) is 0 Å². The van der Waals surface area contributed by atoms with Crippen LogP contribution in [-0.2, 0) is 16.0 Å². The summed E-state index contributed by atoms with van der Waals surface area (Å²) < 4.78 is 4.81. The van der Waals surface area contributed by atoms with Gasteiger partial charge in [-0.3, -0.25) is 4.79 Å². The summed E-state index contributed by atoms with van der Waals surface area (Å²) in [6, 6.07) is 11.2. The molecule has 20 heavy (non-hydrogen) atoms. The Morgan fingerprint density at radius 2 is 1.90 bits per heavy atom. The van der Waals surface area contributed by atoms with Gasteiger partial charge in [0.15, 0.2) is 0 Å². The minimum Gasteiger partial charge on any atom is -0.469 e. The molecule has 0 saturated heterocycles. The fourth-order valence-corrected chi connectivity index (χ4v) is 2.94. The zero-order valence-corrected chi connectivity index (χ0v) is 12.3. The Bertz CT molecular complexity index is 397. The average molecular weight is 275 g/mol. The molecular weight excluding hydrogens is 250 g/mol. The van der Waals surface area contributed by atoms with Crippen molar-refractivity contribution in [1.82, 2.24) is 5.32 Å². The Balaban J connectivity index is 1.58. The molecule has 3 nitrogen and oxygen atoms in total. The van der Waals surface area contributed by atoms with Crippen LogP contribution in [0.3, 0.4) is 0 Å². The highest BCUT2D eigenvalue weighted by Gasteiger charge is 2.26. The second-order valence-electron chi connectivity index (χ2n) is 5.61. The normalized spacial score (nSPS) is 22.4. The van der Waals surface area contributed by atoms with Crippen molar-refractivity contribution in [1.29, 1.82) is 0 Å². The molecule has 0 aliphatic heterocycles. The Morgan fingerprint density at radius 3 is 2.55 bits per heavy atom. The maximum absolute atomic E-state index is 11.4. The smallest absolute Gasteiger partial charge is 0.308 e. The lowest BCUT2D eigenvalue weighted by molar-refractivity contribution is -0.146. The van der Waals surface area contributed by atoms with Gasteiger partial charge in [-0.05, 0) is 50.6 Å². The number of hydrogen-bond donors (Lipinski definition) is 1. The minimum atomic E-state index is -0.0347. The average Bonchev–Trinajstić information content (AvgIpc) is 2.52. The van der Waals surface area contributed by atoms with Crippen molar-refractivity contribution < 1.29 is 9.53 Å². The summed E-state index contributed by atoms with van der Waals surface area (Å²) in [4.78, 5) is 11.4. The van der Waals surface area contributed by atoms with Crippen LogP contribution in [0.25, 0.3) is 0 Å². The van der Waals surface area contributed by atoms with Crippen molar-refractivity contribution in [2.24, 2.45) is 5.92 Å². The molecule has 0 amide bonds. The van der Waals surface area contributed by atoms with E-state index in [-0.39, 0.29) is 11.9 Å². The highest BCUT2D eigenvalue weighted by molar-refractivity contribution is 5.72. The molecule has 1 N–H and O–H groups in total. The molecule has 110 valence electrons. The van der Waals surface area contributed by atoms with Gasteiger partial charge >= 0.3 is 5.97 Å². The Hall–Kier alpha value is -1.35. The van der Waals surface area contributed by atoms with E-state index in [2.05, 4.69) is 35.6 Å². The van der Waals surface area contributed by atoms with Gasteiger partial charge in [-0.1, -0.05) is 30.3 Å². The van der Waals surface area contributed by atoms with E-state index in [1.165, 1.54) is 19.1 Å². The molecular formula is C17H25NO2. The molecule has 0 unspecified atom stereocenters.